The standard InChI is InChI=1S/C43H61N7O8/c1-6-11-30(40(54)37(53)20-28-16-17-28)21-36(52)35-23-33(58-43(57)49-19-18-29-12-7-8-13-31(29)24-49)25-50(35)42(56)39(27(4)5)44-41(55)34(26(2)3)22-32(51)14-9-10-15-38-45-47-48-46-38/h7-8,12-13,26-28,30,33-35,39H,6,9-11,14-25H2,1-5H3,(H,44,55)(H,45,46,47,48)/t30?,33-,34-,35+,39+/m1/s1. The second-order valence-corrected chi connectivity index (χ2v) is 17.1. The molecule has 2 N–H and O–H groups in total. The number of H-pyrrole nitrogens is 1. The number of tetrazole rings is 1. The number of aromatic nitrogens is 4. The number of amides is 3. The summed E-state index contributed by atoms with van der Waals surface area (Å²) >= 11 is 0. The number of nitrogens with zero attached hydrogens (tertiary/aromatic N) is 5. The number of Topliss-reactive ketones (excluding diaryl/α,β-unsaturated/α-hetero) is 4. The summed E-state index contributed by atoms with van der Waals surface area (Å²) in [4.78, 5) is 98.5. The molecule has 1 saturated heterocycles. The number of carbonyl (C=O) groups excluding carboxylic acids is 7. The number of ether oxygens (including phenoxy) is 1. The number of carbonyl (C=O) groups is 7. The van der Waals surface area contributed by atoms with Crippen LogP contribution in [0, 0.1) is 29.6 Å². The van der Waals surface area contributed by atoms with Gasteiger partial charge in [0.15, 0.2) is 17.4 Å². The summed E-state index contributed by atoms with van der Waals surface area (Å²) in [6.45, 7) is 9.96. The molecule has 0 radical (unpaired) electrons. The fourth-order valence-electron chi connectivity index (χ4n) is 8.09. The molecule has 1 aromatic heterocycles. The van der Waals surface area contributed by atoms with Gasteiger partial charge in [-0.3, -0.25) is 28.8 Å². The molecule has 15 heteroatoms. The van der Waals surface area contributed by atoms with Crippen LogP contribution in [0.15, 0.2) is 24.3 Å². The van der Waals surface area contributed by atoms with E-state index in [2.05, 4.69) is 25.9 Å². The van der Waals surface area contributed by atoms with Gasteiger partial charge < -0.3 is 19.9 Å². The Morgan fingerprint density at radius 2 is 1.71 bits per heavy atom. The van der Waals surface area contributed by atoms with E-state index in [1.165, 1.54) is 10.5 Å². The number of fused-ring (bicyclic) bond motifs is 1. The first-order chi connectivity index (χ1) is 27.7. The highest BCUT2D eigenvalue weighted by atomic mass is 16.6. The maximum absolute atomic E-state index is 14.6. The molecule has 15 nitrogen and oxygen atoms in total. The summed E-state index contributed by atoms with van der Waals surface area (Å²) in [5.74, 6) is -3.67. The van der Waals surface area contributed by atoms with E-state index >= 15 is 0 Å². The predicted octanol–water partition coefficient (Wildman–Crippen LogP) is 4.76. The van der Waals surface area contributed by atoms with Gasteiger partial charge >= 0.3 is 6.09 Å². The number of aromatic amines is 1. The molecule has 1 saturated carbocycles. The van der Waals surface area contributed by atoms with E-state index in [9.17, 15) is 33.6 Å². The van der Waals surface area contributed by atoms with Crippen LogP contribution in [0.5, 0.6) is 0 Å². The number of nitrogens with one attached hydrogen (secondary N) is 2. The molecule has 1 aliphatic carbocycles. The largest absolute Gasteiger partial charge is 0.444 e. The van der Waals surface area contributed by atoms with Crippen LogP contribution in [-0.4, -0.2) is 103 Å². The van der Waals surface area contributed by atoms with Crippen LogP contribution >= 0.6 is 0 Å². The molecule has 5 rings (SSSR count). The summed E-state index contributed by atoms with van der Waals surface area (Å²) in [7, 11) is 0. The molecule has 3 heterocycles. The number of hydrogen-bond acceptors (Lipinski definition) is 11. The molecule has 3 aliphatic rings. The Morgan fingerprint density at radius 1 is 0.966 bits per heavy atom. The molecule has 316 valence electrons. The lowest BCUT2D eigenvalue weighted by atomic mass is 9.87. The van der Waals surface area contributed by atoms with E-state index in [-0.39, 0.29) is 62.1 Å². The fourth-order valence-corrected chi connectivity index (χ4v) is 8.09. The molecule has 5 atom stereocenters. The number of benzene rings is 1. The van der Waals surface area contributed by atoms with Crippen molar-refractivity contribution in [1.29, 1.82) is 0 Å². The summed E-state index contributed by atoms with van der Waals surface area (Å²) in [6, 6.07) is 5.82. The van der Waals surface area contributed by atoms with E-state index < -0.39 is 65.4 Å². The van der Waals surface area contributed by atoms with E-state index in [0.717, 1.165) is 18.4 Å². The highest BCUT2D eigenvalue weighted by molar-refractivity contribution is 6.38. The third kappa shape index (κ3) is 12.1. The van der Waals surface area contributed by atoms with Gasteiger partial charge in [0, 0.05) is 63.5 Å². The van der Waals surface area contributed by atoms with E-state index in [0.29, 0.717) is 57.4 Å². The average Bonchev–Trinajstić information content (AvgIpc) is 3.66. The van der Waals surface area contributed by atoms with Gasteiger partial charge in [0.25, 0.3) is 0 Å². The molecule has 2 fully saturated rings. The topological polar surface area (TPSA) is 202 Å². The third-order valence-electron chi connectivity index (χ3n) is 11.8. The zero-order valence-electron chi connectivity index (χ0n) is 34.7. The average molecular weight is 804 g/mol. The van der Waals surface area contributed by atoms with E-state index in [1.807, 2.05) is 45.0 Å². The monoisotopic (exact) mass is 803 g/mol. The normalized spacial score (nSPS) is 19.4. The number of unbranched alkanes of at least 4 members (excludes halogenated alkanes) is 1. The smallest absolute Gasteiger partial charge is 0.410 e. The molecule has 2 aromatic rings. The summed E-state index contributed by atoms with van der Waals surface area (Å²) in [6.07, 6.45) is 4.29. The Labute approximate surface area is 341 Å². The second-order valence-electron chi connectivity index (χ2n) is 17.1. The quantitative estimate of drug-likeness (QED) is 0.123. The Balaban J connectivity index is 1.29. The lowest BCUT2D eigenvalue weighted by Crippen LogP contribution is -2.55. The third-order valence-corrected chi connectivity index (χ3v) is 11.8. The van der Waals surface area contributed by atoms with Crippen molar-refractivity contribution >= 4 is 41.0 Å². The molecule has 58 heavy (non-hydrogen) atoms. The van der Waals surface area contributed by atoms with Gasteiger partial charge in [-0.25, -0.2) is 4.79 Å². The van der Waals surface area contributed by atoms with Crippen molar-refractivity contribution < 1.29 is 38.3 Å². The number of likely N-dealkylation sites (tertiary alicyclic amines) is 1. The molecule has 0 spiro atoms. The van der Waals surface area contributed by atoms with Crippen molar-refractivity contribution in [2.24, 2.45) is 29.6 Å². The highest BCUT2D eigenvalue weighted by Crippen LogP contribution is 2.34. The van der Waals surface area contributed by atoms with E-state index in [4.69, 9.17) is 4.74 Å². The van der Waals surface area contributed by atoms with Gasteiger partial charge in [-0.15, -0.1) is 10.2 Å². The first-order valence-corrected chi connectivity index (χ1v) is 21.2. The van der Waals surface area contributed by atoms with Crippen molar-refractivity contribution in [3.05, 3.63) is 41.2 Å². The zero-order valence-corrected chi connectivity index (χ0v) is 34.7. The van der Waals surface area contributed by atoms with Crippen LogP contribution in [0.4, 0.5) is 4.79 Å². The van der Waals surface area contributed by atoms with Gasteiger partial charge in [-0.1, -0.05) is 70.5 Å². The molecular formula is C43H61N7O8. The summed E-state index contributed by atoms with van der Waals surface area (Å²) < 4.78 is 5.99. The minimum atomic E-state index is -1.05. The number of hydrogen-bond donors (Lipinski definition) is 2. The Morgan fingerprint density at radius 3 is 2.36 bits per heavy atom. The van der Waals surface area contributed by atoms with Crippen LogP contribution in [0.3, 0.4) is 0 Å². The molecular weight excluding hydrogens is 743 g/mol. The minimum absolute atomic E-state index is 0.0147. The summed E-state index contributed by atoms with van der Waals surface area (Å²) in [5, 5.41) is 16.7. The maximum Gasteiger partial charge on any atom is 0.410 e. The molecule has 0 bridgehead atoms. The van der Waals surface area contributed by atoms with Crippen LogP contribution in [-0.2, 0) is 52.9 Å². The predicted molar refractivity (Wildman–Crippen MR) is 213 cm³/mol. The molecule has 1 unspecified atom stereocenters. The fraction of sp³-hybridized carbons (Fsp3) is 0.674. The van der Waals surface area contributed by atoms with Gasteiger partial charge in [0.1, 0.15) is 17.9 Å². The summed E-state index contributed by atoms with van der Waals surface area (Å²) in [5.41, 5.74) is 2.20. The molecule has 3 amide bonds. The zero-order chi connectivity index (χ0) is 41.9. The van der Waals surface area contributed by atoms with Crippen molar-refractivity contribution in [2.75, 3.05) is 13.1 Å². The van der Waals surface area contributed by atoms with Crippen molar-refractivity contribution in [2.45, 2.75) is 143 Å². The first-order valence-electron chi connectivity index (χ1n) is 21.2. The number of ketones is 4. The highest BCUT2D eigenvalue weighted by Gasteiger charge is 2.46. The van der Waals surface area contributed by atoms with Crippen LogP contribution in [0.25, 0.3) is 0 Å². The minimum Gasteiger partial charge on any atom is -0.444 e. The number of aryl methyl sites for hydroxylation is 1. The van der Waals surface area contributed by atoms with Gasteiger partial charge in [0.05, 0.1) is 12.6 Å². The first kappa shape index (κ1) is 44.3. The Hall–Kier alpha value is -4.82. The van der Waals surface area contributed by atoms with Crippen LogP contribution in [0.1, 0.15) is 122 Å². The van der Waals surface area contributed by atoms with Gasteiger partial charge in [-0.05, 0) is 67.4 Å². The van der Waals surface area contributed by atoms with Crippen LogP contribution < -0.4 is 5.32 Å². The van der Waals surface area contributed by atoms with Crippen molar-refractivity contribution in [1.82, 2.24) is 35.7 Å². The molecule has 1 aromatic carbocycles. The number of rotatable bonds is 22. The van der Waals surface area contributed by atoms with E-state index in [1.54, 1.807) is 18.7 Å². The maximum atomic E-state index is 14.6. The van der Waals surface area contributed by atoms with Crippen molar-refractivity contribution in [3.63, 3.8) is 0 Å². The van der Waals surface area contributed by atoms with Crippen molar-refractivity contribution in [3.8, 4) is 0 Å². The Kier molecular flexibility index (Phi) is 15.8. The molecule has 2 aliphatic heterocycles. The second kappa shape index (κ2) is 20.7. The lowest BCUT2D eigenvalue weighted by molar-refractivity contribution is -0.144. The lowest BCUT2D eigenvalue weighted by Gasteiger charge is -2.32. The van der Waals surface area contributed by atoms with Gasteiger partial charge in [-0.2, -0.15) is 5.21 Å². The Bertz CT molecular complexity index is 1770. The van der Waals surface area contributed by atoms with Gasteiger partial charge in [0.2, 0.25) is 17.6 Å². The van der Waals surface area contributed by atoms with Crippen LogP contribution in [0.2, 0.25) is 0 Å². The SMILES string of the molecule is CCCC(CC(=O)[C@@H]1C[C@@H](OC(=O)N2CCc3ccccc3C2)CN1C(=O)[C@@H](NC(=O)[C@H](CC(=O)CCCCc1nn[nH]n1)C(C)C)C(C)C)C(=O)C(=O)CC1CC1.